The molecule has 132 valence electrons. The maximum absolute atomic E-state index is 12.2. The Labute approximate surface area is 147 Å². The van der Waals surface area contributed by atoms with E-state index in [4.69, 9.17) is 25.8 Å². The summed E-state index contributed by atoms with van der Waals surface area (Å²) in [5, 5.41) is 0.357. The summed E-state index contributed by atoms with van der Waals surface area (Å²) in [4.78, 5) is 12.1. The monoisotopic (exact) mass is 370 g/mol. The molecule has 0 fully saturated rings. The Balaban J connectivity index is 1.67. The van der Waals surface area contributed by atoms with Crippen LogP contribution in [0.1, 0.15) is 15.9 Å². The van der Waals surface area contributed by atoms with Gasteiger partial charge in [-0.15, -0.1) is 0 Å². The lowest BCUT2D eigenvalue weighted by Crippen LogP contribution is -2.16. The number of esters is 1. The van der Waals surface area contributed by atoms with E-state index in [0.717, 1.165) is 0 Å². The highest BCUT2D eigenvalue weighted by Gasteiger charge is 2.17. The van der Waals surface area contributed by atoms with Crippen molar-refractivity contribution in [3.63, 3.8) is 0 Å². The van der Waals surface area contributed by atoms with Gasteiger partial charge < -0.3 is 18.9 Å². The topological polar surface area (TPSA) is 54.0 Å². The molecular formula is C17H13ClF2O5. The van der Waals surface area contributed by atoms with Gasteiger partial charge in [0.25, 0.3) is 0 Å². The van der Waals surface area contributed by atoms with E-state index in [2.05, 4.69) is 4.74 Å². The predicted octanol–water partition coefficient (Wildman–Crippen LogP) is 4.07. The Kier molecular flexibility index (Phi) is 5.23. The van der Waals surface area contributed by atoms with Gasteiger partial charge in [0.15, 0.2) is 11.5 Å². The smallest absolute Gasteiger partial charge is 0.387 e. The molecule has 0 radical (unpaired) electrons. The number of carbonyl (C=O) groups excluding carboxylic acids is 1. The van der Waals surface area contributed by atoms with Crippen molar-refractivity contribution in [3.05, 3.63) is 52.5 Å². The van der Waals surface area contributed by atoms with Gasteiger partial charge in [0, 0.05) is 0 Å². The highest BCUT2D eigenvalue weighted by atomic mass is 35.5. The molecule has 0 saturated carbocycles. The lowest BCUT2D eigenvalue weighted by Gasteiger charge is -2.20. The summed E-state index contributed by atoms with van der Waals surface area (Å²) in [7, 11) is 0. The highest BCUT2D eigenvalue weighted by molar-refractivity contribution is 6.32. The second-order valence-corrected chi connectivity index (χ2v) is 5.49. The maximum atomic E-state index is 12.2. The van der Waals surface area contributed by atoms with Crippen LogP contribution in [-0.4, -0.2) is 25.8 Å². The number of hydrogen-bond donors (Lipinski definition) is 0. The Morgan fingerprint density at radius 2 is 2.00 bits per heavy atom. The lowest BCUT2D eigenvalue weighted by atomic mass is 10.2. The van der Waals surface area contributed by atoms with E-state index in [1.54, 1.807) is 12.1 Å². The first-order valence-corrected chi connectivity index (χ1v) is 7.71. The Hall–Kier alpha value is -2.54. The van der Waals surface area contributed by atoms with Crippen molar-refractivity contribution in [3.8, 4) is 17.2 Å². The molecule has 25 heavy (non-hydrogen) atoms. The summed E-state index contributed by atoms with van der Waals surface area (Å²) in [6.45, 7) is -2.21. The first-order chi connectivity index (χ1) is 12.0. The third-order valence-electron chi connectivity index (χ3n) is 3.32. The molecule has 0 unspecified atom stereocenters. The summed E-state index contributed by atoms with van der Waals surface area (Å²) < 4.78 is 44.8. The Morgan fingerprint density at radius 3 is 2.80 bits per heavy atom. The fraction of sp³-hybridized carbons (Fsp3) is 0.235. The summed E-state index contributed by atoms with van der Waals surface area (Å²) >= 11 is 6.12. The number of fused-ring (bicyclic) bond motifs is 1. The van der Waals surface area contributed by atoms with Crippen molar-refractivity contribution < 1.29 is 32.5 Å². The minimum atomic E-state index is -2.97. The Bertz CT molecular complexity index is 782. The van der Waals surface area contributed by atoms with E-state index < -0.39 is 12.6 Å². The molecule has 0 bridgehead atoms. The zero-order valence-corrected chi connectivity index (χ0v) is 13.6. The molecule has 1 aliphatic heterocycles. The van der Waals surface area contributed by atoms with Crippen molar-refractivity contribution in [2.24, 2.45) is 0 Å². The number of hydrogen-bond acceptors (Lipinski definition) is 5. The van der Waals surface area contributed by atoms with Gasteiger partial charge in [-0.25, -0.2) is 4.79 Å². The van der Waals surface area contributed by atoms with Crippen LogP contribution >= 0.6 is 11.6 Å². The number of carbonyl (C=O) groups is 1. The highest BCUT2D eigenvalue weighted by Crippen LogP contribution is 2.38. The third-order valence-corrected chi connectivity index (χ3v) is 3.60. The van der Waals surface area contributed by atoms with Gasteiger partial charge in [-0.05, 0) is 35.9 Å². The SMILES string of the molecule is O=C(OCc1cc(Cl)c2c(c1)OCCO2)c1cccc(OC(F)F)c1. The molecule has 2 aromatic carbocycles. The van der Waals surface area contributed by atoms with Gasteiger partial charge in [-0.1, -0.05) is 17.7 Å². The van der Waals surface area contributed by atoms with Gasteiger partial charge in [0.2, 0.25) is 0 Å². The van der Waals surface area contributed by atoms with E-state index in [1.807, 2.05) is 0 Å². The van der Waals surface area contributed by atoms with Crippen LogP contribution in [0.4, 0.5) is 8.78 Å². The average Bonchev–Trinajstić information content (AvgIpc) is 2.59. The molecule has 0 saturated heterocycles. The van der Waals surface area contributed by atoms with Crippen LogP contribution in [0, 0.1) is 0 Å². The van der Waals surface area contributed by atoms with Crippen LogP contribution in [-0.2, 0) is 11.3 Å². The van der Waals surface area contributed by atoms with Gasteiger partial charge in [0.1, 0.15) is 25.6 Å². The molecule has 0 atom stereocenters. The van der Waals surface area contributed by atoms with Crippen LogP contribution in [0.2, 0.25) is 5.02 Å². The van der Waals surface area contributed by atoms with E-state index in [0.29, 0.717) is 35.3 Å². The number of halogens is 3. The summed E-state index contributed by atoms with van der Waals surface area (Å²) in [6.07, 6.45) is 0. The van der Waals surface area contributed by atoms with Crippen molar-refractivity contribution >= 4 is 17.6 Å². The average molecular weight is 371 g/mol. The van der Waals surface area contributed by atoms with Crippen molar-refractivity contribution in [2.45, 2.75) is 13.2 Å². The number of benzene rings is 2. The van der Waals surface area contributed by atoms with Gasteiger partial charge in [-0.3, -0.25) is 0 Å². The fourth-order valence-corrected chi connectivity index (χ4v) is 2.57. The first kappa shape index (κ1) is 17.3. The minimum Gasteiger partial charge on any atom is -0.486 e. The third kappa shape index (κ3) is 4.30. The van der Waals surface area contributed by atoms with Crippen LogP contribution in [0.15, 0.2) is 36.4 Å². The van der Waals surface area contributed by atoms with Crippen molar-refractivity contribution in [1.82, 2.24) is 0 Å². The van der Waals surface area contributed by atoms with E-state index >= 15 is 0 Å². The maximum Gasteiger partial charge on any atom is 0.387 e. The molecule has 0 N–H and O–H groups in total. The zero-order chi connectivity index (χ0) is 17.8. The number of alkyl halides is 2. The van der Waals surface area contributed by atoms with Crippen LogP contribution in [0.25, 0.3) is 0 Å². The second-order valence-electron chi connectivity index (χ2n) is 5.08. The molecule has 0 aromatic heterocycles. The van der Waals surface area contributed by atoms with Gasteiger partial charge in [-0.2, -0.15) is 8.78 Å². The molecule has 1 aliphatic rings. The molecular weight excluding hydrogens is 358 g/mol. The lowest BCUT2D eigenvalue weighted by molar-refractivity contribution is -0.0499. The fourth-order valence-electron chi connectivity index (χ4n) is 2.28. The van der Waals surface area contributed by atoms with E-state index in [9.17, 15) is 13.6 Å². The normalized spacial score (nSPS) is 12.8. The molecule has 1 heterocycles. The molecule has 3 rings (SSSR count). The number of ether oxygens (including phenoxy) is 4. The largest absolute Gasteiger partial charge is 0.486 e. The number of rotatable bonds is 5. The van der Waals surface area contributed by atoms with Crippen LogP contribution in [0.5, 0.6) is 17.2 Å². The van der Waals surface area contributed by atoms with Crippen molar-refractivity contribution in [1.29, 1.82) is 0 Å². The van der Waals surface area contributed by atoms with E-state index in [-0.39, 0.29) is 17.9 Å². The molecule has 0 spiro atoms. The summed E-state index contributed by atoms with van der Waals surface area (Å²) in [5.74, 6) is 0.148. The Morgan fingerprint density at radius 1 is 1.20 bits per heavy atom. The molecule has 5 nitrogen and oxygen atoms in total. The second kappa shape index (κ2) is 7.57. The standard InChI is InChI=1S/C17H13ClF2O5/c18-13-6-10(7-14-15(13)23-5-4-22-14)9-24-16(21)11-2-1-3-12(8-11)25-17(19)20/h1-3,6-8,17H,4-5,9H2. The van der Waals surface area contributed by atoms with Gasteiger partial charge in [0.05, 0.1) is 10.6 Å². The van der Waals surface area contributed by atoms with Crippen molar-refractivity contribution in [2.75, 3.05) is 13.2 Å². The molecule has 0 aliphatic carbocycles. The van der Waals surface area contributed by atoms with Crippen LogP contribution in [0.3, 0.4) is 0 Å². The van der Waals surface area contributed by atoms with Gasteiger partial charge >= 0.3 is 12.6 Å². The minimum absolute atomic E-state index is 0.0604. The van der Waals surface area contributed by atoms with E-state index in [1.165, 1.54) is 24.3 Å². The zero-order valence-electron chi connectivity index (χ0n) is 12.8. The first-order valence-electron chi connectivity index (χ1n) is 7.33. The quantitative estimate of drug-likeness (QED) is 0.743. The summed E-state index contributed by atoms with van der Waals surface area (Å²) in [5.41, 5.74) is 0.712. The predicted molar refractivity (Wildman–Crippen MR) is 84.6 cm³/mol. The summed E-state index contributed by atoms with van der Waals surface area (Å²) in [6, 6.07) is 8.66. The molecule has 2 aromatic rings. The van der Waals surface area contributed by atoms with Crippen LogP contribution < -0.4 is 14.2 Å². The molecule has 0 amide bonds. The molecule has 8 heteroatoms.